The highest BCUT2D eigenvalue weighted by Gasteiger charge is 2.36. The topological polar surface area (TPSA) is 75.5 Å². The summed E-state index contributed by atoms with van der Waals surface area (Å²) in [6.45, 7) is 2.86. The van der Waals surface area contributed by atoms with Crippen molar-refractivity contribution >= 4 is 29.3 Å². The predicted octanol–water partition coefficient (Wildman–Crippen LogP) is 5.46. The Kier molecular flexibility index (Phi) is 7.91. The lowest BCUT2D eigenvalue weighted by molar-refractivity contribution is 0.116. The molecule has 2 fully saturated rings. The van der Waals surface area contributed by atoms with Gasteiger partial charge in [-0.2, -0.15) is 0 Å². The summed E-state index contributed by atoms with van der Waals surface area (Å²) in [5.41, 5.74) is 6.21. The lowest BCUT2D eigenvalue weighted by Crippen LogP contribution is -2.54. The van der Waals surface area contributed by atoms with Gasteiger partial charge in [0.25, 0.3) is 0 Å². The Balaban J connectivity index is 1.32. The lowest BCUT2D eigenvalue weighted by atomic mass is 9.91. The lowest BCUT2D eigenvalue weighted by Gasteiger charge is -2.40. The molecule has 0 bridgehead atoms. The first-order valence-electron chi connectivity index (χ1n) is 14.3. The molecule has 210 valence electrons. The van der Waals surface area contributed by atoms with E-state index in [2.05, 4.69) is 33.4 Å². The number of aromatic nitrogens is 3. The van der Waals surface area contributed by atoms with Gasteiger partial charge in [0.2, 0.25) is 0 Å². The van der Waals surface area contributed by atoms with Gasteiger partial charge in [0.1, 0.15) is 6.10 Å². The number of imidazole rings is 1. The summed E-state index contributed by atoms with van der Waals surface area (Å²) in [5.74, 6) is 0. The number of ether oxygens (including phenoxy) is 1. The number of aryl methyl sites for hydroxylation is 1. The Hall–Kier alpha value is -3.20. The van der Waals surface area contributed by atoms with Crippen LogP contribution in [0.3, 0.4) is 0 Å². The van der Waals surface area contributed by atoms with Crippen molar-refractivity contribution < 1.29 is 9.53 Å². The van der Waals surface area contributed by atoms with E-state index >= 15 is 0 Å². The summed E-state index contributed by atoms with van der Waals surface area (Å²) in [7, 11) is 3.71. The molecular weight excluding hydrogens is 524 g/mol. The smallest absolute Gasteiger partial charge is 0.317 e. The van der Waals surface area contributed by atoms with Crippen LogP contribution in [-0.4, -0.2) is 69.7 Å². The van der Waals surface area contributed by atoms with Gasteiger partial charge in [-0.3, -0.25) is 9.88 Å². The number of pyridine rings is 1. The number of halogens is 1. The van der Waals surface area contributed by atoms with Crippen molar-refractivity contribution in [2.24, 2.45) is 7.05 Å². The maximum Gasteiger partial charge on any atom is 0.317 e. The van der Waals surface area contributed by atoms with E-state index in [1.54, 1.807) is 13.4 Å². The largest absolute Gasteiger partial charge is 0.370 e. The van der Waals surface area contributed by atoms with E-state index in [-0.39, 0.29) is 18.2 Å². The van der Waals surface area contributed by atoms with Crippen LogP contribution < -0.4 is 5.32 Å². The molecule has 40 heavy (non-hydrogen) atoms. The van der Waals surface area contributed by atoms with Crippen LogP contribution in [0.4, 0.5) is 4.79 Å². The minimum Gasteiger partial charge on any atom is -0.370 e. The number of hydrogen-bond donors (Lipinski definition) is 1. The molecule has 6 rings (SSSR count). The number of nitrogens with zero attached hydrogens (tertiary/aromatic N) is 5. The number of carbonyl (C=O) groups excluding carboxylic acids is 1. The summed E-state index contributed by atoms with van der Waals surface area (Å²) in [4.78, 5) is 26.8. The van der Waals surface area contributed by atoms with Crippen LogP contribution in [0.15, 0.2) is 49.1 Å². The van der Waals surface area contributed by atoms with Crippen LogP contribution in [-0.2, 0) is 11.8 Å². The minimum absolute atomic E-state index is 0.0705. The third-order valence-corrected chi connectivity index (χ3v) is 8.84. The van der Waals surface area contributed by atoms with E-state index in [9.17, 15) is 4.79 Å². The second kappa shape index (κ2) is 11.7. The summed E-state index contributed by atoms with van der Waals surface area (Å²) in [5, 5.41) is 3.96. The quantitative estimate of drug-likeness (QED) is 0.448. The van der Waals surface area contributed by atoms with Crippen LogP contribution in [0, 0.1) is 0 Å². The van der Waals surface area contributed by atoms with Crippen molar-refractivity contribution in [1.82, 2.24) is 29.7 Å². The number of benzene rings is 1. The van der Waals surface area contributed by atoms with E-state index in [1.165, 1.54) is 19.3 Å². The van der Waals surface area contributed by atoms with Crippen molar-refractivity contribution in [2.75, 3.05) is 33.3 Å². The van der Waals surface area contributed by atoms with Gasteiger partial charge in [-0.05, 0) is 59.4 Å². The molecule has 1 saturated carbocycles. The molecule has 2 aliphatic carbocycles. The van der Waals surface area contributed by atoms with E-state index in [1.807, 2.05) is 47.1 Å². The average Bonchev–Trinajstić information content (AvgIpc) is 3.34. The fourth-order valence-corrected chi connectivity index (χ4v) is 6.67. The molecule has 2 amide bonds. The first-order chi connectivity index (χ1) is 19.5. The van der Waals surface area contributed by atoms with Crippen molar-refractivity contribution in [3.05, 3.63) is 82.2 Å². The molecule has 9 heteroatoms. The Morgan fingerprint density at radius 2 is 1.93 bits per heavy atom. The van der Waals surface area contributed by atoms with Crippen molar-refractivity contribution in [2.45, 2.75) is 50.3 Å². The zero-order chi connectivity index (χ0) is 27.6. The molecule has 3 aliphatic rings. The number of nitrogens with one attached hydrogen (secondary N) is 1. The Labute approximate surface area is 241 Å². The number of piperazine rings is 1. The highest BCUT2D eigenvalue weighted by molar-refractivity contribution is 6.30. The third kappa shape index (κ3) is 5.28. The van der Waals surface area contributed by atoms with E-state index in [4.69, 9.17) is 21.3 Å². The molecule has 1 N–H and O–H groups in total. The second-order valence-corrected chi connectivity index (χ2v) is 11.5. The molecule has 3 aromatic rings. The molecule has 2 unspecified atom stereocenters. The number of urea groups is 1. The Morgan fingerprint density at radius 3 is 2.65 bits per heavy atom. The second-order valence-electron chi connectivity index (χ2n) is 11.1. The van der Waals surface area contributed by atoms with E-state index in [0.29, 0.717) is 24.2 Å². The Bertz CT molecular complexity index is 1390. The maximum absolute atomic E-state index is 13.1. The van der Waals surface area contributed by atoms with E-state index in [0.717, 1.165) is 59.6 Å². The first kappa shape index (κ1) is 27.0. The van der Waals surface area contributed by atoms with Crippen LogP contribution in [0.5, 0.6) is 0 Å². The summed E-state index contributed by atoms with van der Waals surface area (Å²) in [6.07, 6.45) is 13.2. The molecule has 0 radical (unpaired) electrons. The van der Waals surface area contributed by atoms with Crippen LogP contribution in [0.2, 0.25) is 5.02 Å². The zero-order valence-corrected chi connectivity index (χ0v) is 24.0. The van der Waals surface area contributed by atoms with Gasteiger partial charge >= 0.3 is 6.03 Å². The van der Waals surface area contributed by atoms with Gasteiger partial charge < -0.3 is 19.5 Å². The van der Waals surface area contributed by atoms with Crippen LogP contribution >= 0.6 is 11.6 Å². The summed E-state index contributed by atoms with van der Waals surface area (Å²) in [6, 6.07) is 10.5. The van der Waals surface area contributed by atoms with Crippen LogP contribution in [0.25, 0.3) is 11.6 Å². The van der Waals surface area contributed by atoms with Gasteiger partial charge in [-0.1, -0.05) is 43.0 Å². The number of fused-ring (bicyclic) bond motifs is 2. The SMILES string of the molecule is COC(C1=Cc2cccnc2C(N2CCN(C(=O)NC3CCCCC3)CC2)c2ccc(Cl)cc21)c1cncn1C. The van der Waals surface area contributed by atoms with Gasteiger partial charge in [0, 0.05) is 57.6 Å². The average molecular weight is 561 g/mol. The van der Waals surface area contributed by atoms with E-state index < -0.39 is 0 Å². The maximum atomic E-state index is 13.1. The highest BCUT2D eigenvalue weighted by Crippen LogP contribution is 2.45. The first-order valence-corrected chi connectivity index (χ1v) is 14.7. The summed E-state index contributed by atoms with van der Waals surface area (Å²) < 4.78 is 8.10. The number of amides is 2. The van der Waals surface area contributed by atoms with Crippen LogP contribution in [0.1, 0.15) is 72.3 Å². The molecule has 2 aromatic heterocycles. The molecular formula is C31H37ClN6O2. The predicted molar refractivity (Wildman–Crippen MR) is 157 cm³/mol. The fraction of sp³-hybridized carbons (Fsp3) is 0.452. The molecule has 1 aliphatic heterocycles. The van der Waals surface area contributed by atoms with Gasteiger partial charge in [0.05, 0.1) is 30.0 Å². The van der Waals surface area contributed by atoms with Crippen molar-refractivity contribution in [1.29, 1.82) is 0 Å². The van der Waals surface area contributed by atoms with Gasteiger partial charge in [0.15, 0.2) is 0 Å². The minimum atomic E-state index is -0.336. The molecule has 8 nitrogen and oxygen atoms in total. The molecule has 3 heterocycles. The molecule has 1 aromatic carbocycles. The van der Waals surface area contributed by atoms with Gasteiger partial charge in [-0.15, -0.1) is 0 Å². The Morgan fingerprint density at radius 1 is 1.12 bits per heavy atom. The number of hydrogen-bond acceptors (Lipinski definition) is 5. The molecule has 0 spiro atoms. The summed E-state index contributed by atoms with van der Waals surface area (Å²) >= 11 is 6.61. The highest BCUT2D eigenvalue weighted by atomic mass is 35.5. The van der Waals surface area contributed by atoms with Gasteiger partial charge in [-0.25, -0.2) is 9.78 Å². The van der Waals surface area contributed by atoms with Crippen molar-refractivity contribution in [3.8, 4) is 0 Å². The monoisotopic (exact) mass is 560 g/mol. The zero-order valence-electron chi connectivity index (χ0n) is 23.2. The molecule has 1 saturated heterocycles. The fourth-order valence-electron chi connectivity index (χ4n) is 6.50. The number of carbonyl (C=O) groups is 1. The number of rotatable bonds is 5. The molecule has 2 atom stereocenters. The van der Waals surface area contributed by atoms with Crippen molar-refractivity contribution in [3.63, 3.8) is 0 Å². The normalized spacial score (nSPS) is 20.7. The third-order valence-electron chi connectivity index (χ3n) is 8.60. The number of methoxy groups -OCH3 is 1. The standard InChI is InChI=1S/C31H37ClN6O2/c1-36-20-33-19-27(36)30(40-2)26-17-21-7-6-12-34-28(21)29(24-11-10-22(32)18-25(24)26)37-13-15-38(16-14-37)31(39)35-23-8-4-3-5-9-23/h6-7,10-12,17-20,23,29-30H,3-5,8-9,13-16H2,1-2H3,(H,35,39).